The van der Waals surface area contributed by atoms with Gasteiger partial charge in [-0.15, -0.1) is 0 Å². The minimum Gasteiger partial charge on any atom is -0.348 e. The van der Waals surface area contributed by atoms with Crippen molar-refractivity contribution < 1.29 is 9.59 Å². The van der Waals surface area contributed by atoms with Gasteiger partial charge in [-0.3, -0.25) is 9.59 Å². The maximum Gasteiger partial charge on any atom is 0.313 e. The van der Waals surface area contributed by atoms with Gasteiger partial charge in [0.05, 0.1) is 0 Å². The van der Waals surface area contributed by atoms with Crippen LogP contribution >= 0.6 is 0 Å². The van der Waals surface area contributed by atoms with Gasteiger partial charge in [-0.1, -0.05) is 82.4 Å². The smallest absolute Gasteiger partial charge is 0.313 e. The summed E-state index contributed by atoms with van der Waals surface area (Å²) in [7, 11) is 0. The van der Waals surface area contributed by atoms with E-state index < -0.39 is 11.8 Å². The minimum atomic E-state index is -0.601. The van der Waals surface area contributed by atoms with Crippen molar-refractivity contribution in [2.45, 2.75) is 78.1 Å². The Hall–Kier alpha value is -1.84. The standard InChI is InChI=1S/C21H34N2O2/c1-3-4-5-6-7-8-9-10-11-12-17-22-20(24)21(25)23-19-15-13-18(2)14-16-19/h13-16H,3-12,17H2,1-2H3,(H,22,24)(H,23,25). The molecule has 0 unspecified atom stereocenters. The molecule has 0 saturated heterocycles. The average molecular weight is 347 g/mol. The van der Waals surface area contributed by atoms with Crippen LogP contribution in [0.25, 0.3) is 0 Å². The Balaban J connectivity index is 1.99. The number of carbonyl (C=O) groups excluding carboxylic acids is 2. The summed E-state index contributed by atoms with van der Waals surface area (Å²) in [6.07, 6.45) is 12.6. The zero-order chi connectivity index (χ0) is 18.3. The summed E-state index contributed by atoms with van der Waals surface area (Å²) in [5.41, 5.74) is 1.76. The molecule has 0 aliphatic carbocycles. The van der Waals surface area contributed by atoms with Crippen LogP contribution in [-0.4, -0.2) is 18.4 Å². The van der Waals surface area contributed by atoms with Crippen molar-refractivity contribution in [3.8, 4) is 0 Å². The van der Waals surface area contributed by atoms with E-state index in [2.05, 4.69) is 17.6 Å². The summed E-state index contributed by atoms with van der Waals surface area (Å²) in [4.78, 5) is 23.5. The maximum atomic E-state index is 11.8. The lowest BCUT2D eigenvalue weighted by atomic mass is 10.1. The normalized spacial score (nSPS) is 10.5. The van der Waals surface area contributed by atoms with Gasteiger partial charge in [-0.05, 0) is 25.5 Å². The van der Waals surface area contributed by atoms with E-state index in [0.29, 0.717) is 12.2 Å². The molecule has 0 saturated carbocycles. The highest BCUT2D eigenvalue weighted by molar-refractivity contribution is 6.39. The summed E-state index contributed by atoms with van der Waals surface area (Å²) in [5.74, 6) is -1.16. The summed E-state index contributed by atoms with van der Waals surface area (Å²) >= 11 is 0. The first kappa shape index (κ1) is 21.2. The third-order valence-corrected chi connectivity index (χ3v) is 4.33. The van der Waals surface area contributed by atoms with Crippen LogP contribution in [-0.2, 0) is 9.59 Å². The number of hydrogen-bond donors (Lipinski definition) is 2. The van der Waals surface area contributed by atoms with Gasteiger partial charge in [0.1, 0.15) is 0 Å². The highest BCUT2D eigenvalue weighted by Gasteiger charge is 2.12. The number of hydrogen-bond acceptors (Lipinski definition) is 2. The molecule has 2 N–H and O–H groups in total. The molecule has 4 heteroatoms. The van der Waals surface area contributed by atoms with E-state index in [1.54, 1.807) is 12.1 Å². The van der Waals surface area contributed by atoms with E-state index in [9.17, 15) is 9.59 Å². The van der Waals surface area contributed by atoms with Crippen molar-refractivity contribution in [1.82, 2.24) is 5.32 Å². The molecule has 0 aliphatic heterocycles. The van der Waals surface area contributed by atoms with E-state index in [1.807, 2.05) is 19.1 Å². The van der Waals surface area contributed by atoms with Crippen molar-refractivity contribution in [2.24, 2.45) is 0 Å². The van der Waals surface area contributed by atoms with Crippen LogP contribution in [0, 0.1) is 6.92 Å². The molecule has 2 amide bonds. The van der Waals surface area contributed by atoms with Crippen LogP contribution in [0.5, 0.6) is 0 Å². The lowest BCUT2D eigenvalue weighted by molar-refractivity contribution is -0.136. The first-order chi connectivity index (χ1) is 12.1. The van der Waals surface area contributed by atoms with Crippen molar-refractivity contribution in [3.63, 3.8) is 0 Å². The number of unbranched alkanes of at least 4 members (excludes halogenated alkanes) is 9. The molecule has 1 aromatic rings. The second-order valence-electron chi connectivity index (χ2n) is 6.76. The molecule has 25 heavy (non-hydrogen) atoms. The summed E-state index contributed by atoms with van der Waals surface area (Å²) in [6, 6.07) is 7.39. The molecule has 0 heterocycles. The van der Waals surface area contributed by atoms with Gasteiger partial charge in [0, 0.05) is 12.2 Å². The SMILES string of the molecule is CCCCCCCCCCCCNC(=O)C(=O)Nc1ccc(C)cc1. The van der Waals surface area contributed by atoms with E-state index >= 15 is 0 Å². The number of nitrogens with one attached hydrogen (secondary N) is 2. The number of carbonyl (C=O) groups is 2. The number of rotatable bonds is 12. The Labute approximate surface area is 152 Å². The van der Waals surface area contributed by atoms with Gasteiger partial charge in [0.25, 0.3) is 0 Å². The van der Waals surface area contributed by atoms with Crippen LogP contribution < -0.4 is 10.6 Å². The zero-order valence-electron chi connectivity index (χ0n) is 15.9. The molecule has 0 aliphatic rings. The van der Waals surface area contributed by atoms with E-state index in [-0.39, 0.29) is 0 Å². The highest BCUT2D eigenvalue weighted by Crippen LogP contribution is 2.10. The van der Waals surface area contributed by atoms with E-state index in [0.717, 1.165) is 18.4 Å². The summed E-state index contributed by atoms with van der Waals surface area (Å²) < 4.78 is 0. The molecular formula is C21H34N2O2. The molecule has 4 nitrogen and oxygen atoms in total. The molecule has 0 aromatic heterocycles. The van der Waals surface area contributed by atoms with Crippen molar-refractivity contribution in [3.05, 3.63) is 29.8 Å². The maximum absolute atomic E-state index is 11.8. The van der Waals surface area contributed by atoms with Crippen LogP contribution in [0.15, 0.2) is 24.3 Å². The Morgan fingerprint density at radius 1 is 0.760 bits per heavy atom. The third kappa shape index (κ3) is 10.6. The van der Waals surface area contributed by atoms with Crippen LogP contribution in [0.3, 0.4) is 0 Å². The first-order valence-electron chi connectivity index (χ1n) is 9.79. The monoisotopic (exact) mass is 346 g/mol. The second-order valence-corrected chi connectivity index (χ2v) is 6.76. The van der Waals surface area contributed by atoms with Crippen LogP contribution in [0.2, 0.25) is 0 Å². The molecule has 1 aromatic carbocycles. The van der Waals surface area contributed by atoms with Crippen molar-refractivity contribution in [2.75, 3.05) is 11.9 Å². The molecule has 0 fully saturated rings. The van der Waals surface area contributed by atoms with E-state index in [1.165, 1.54) is 51.4 Å². The molecule has 0 atom stereocenters. The molecular weight excluding hydrogens is 312 g/mol. The average Bonchev–Trinajstić information content (AvgIpc) is 2.61. The topological polar surface area (TPSA) is 58.2 Å². The molecule has 1 rings (SSSR count). The molecule has 140 valence electrons. The third-order valence-electron chi connectivity index (χ3n) is 4.33. The Morgan fingerprint density at radius 2 is 1.28 bits per heavy atom. The van der Waals surface area contributed by atoms with E-state index in [4.69, 9.17) is 0 Å². The predicted molar refractivity (Wildman–Crippen MR) is 105 cm³/mol. The fourth-order valence-electron chi connectivity index (χ4n) is 2.72. The zero-order valence-corrected chi connectivity index (χ0v) is 15.9. The number of aryl methyl sites for hydroxylation is 1. The lowest BCUT2D eigenvalue weighted by Crippen LogP contribution is -2.35. The second kappa shape index (κ2) is 13.5. The fourth-order valence-corrected chi connectivity index (χ4v) is 2.72. The number of anilines is 1. The van der Waals surface area contributed by atoms with Gasteiger partial charge < -0.3 is 10.6 Å². The summed E-state index contributed by atoms with van der Waals surface area (Å²) in [6.45, 7) is 4.78. The number of amides is 2. The molecule has 0 radical (unpaired) electrons. The van der Waals surface area contributed by atoms with Gasteiger partial charge in [0.2, 0.25) is 0 Å². The largest absolute Gasteiger partial charge is 0.348 e. The Bertz CT molecular complexity index is 497. The lowest BCUT2D eigenvalue weighted by Gasteiger charge is -2.07. The van der Waals surface area contributed by atoms with Crippen LogP contribution in [0.4, 0.5) is 5.69 Å². The molecule has 0 spiro atoms. The van der Waals surface area contributed by atoms with Gasteiger partial charge in [-0.2, -0.15) is 0 Å². The highest BCUT2D eigenvalue weighted by atomic mass is 16.2. The number of benzene rings is 1. The Morgan fingerprint density at radius 3 is 1.84 bits per heavy atom. The van der Waals surface area contributed by atoms with Gasteiger partial charge in [0.15, 0.2) is 0 Å². The first-order valence-corrected chi connectivity index (χ1v) is 9.79. The summed E-state index contributed by atoms with van der Waals surface area (Å²) in [5, 5.41) is 5.30. The van der Waals surface area contributed by atoms with Crippen molar-refractivity contribution >= 4 is 17.5 Å². The fraction of sp³-hybridized carbons (Fsp3) is 0.619. The molecule has 0 bridgehead atoms. The van der Waals surface area contributed by atoms with Crippen molar-refractivity contribution in [1.29, 1.82) is 0 Å². The Kier molecular flexibility index (Phi) is 11.4. The van der Waals surface area contributed by atoms with Crippen LogP contribution in [0.1, 0.15) is 76.7 Å². The minimum absolute atomic E-state index is 0.559. The predicted octanol–water partition coefficient (Wildman–Crippen LogP) is 4.97. The van der Waals surface area contributed by atoms with Gasteiger partial charge in [-0.25, -0.2) is 0 Å². The van der Waals surface area contributed by atoms with Gasteiger partial charge >= 0.3 is 11.8 Å². The quantitative estimate of drug-likeness (QED) is 0.414.